The molecule has 6 heteroatoms. The second-order valence-electron chi connectivity index (χ2n) is 3.72. The summed E-state index contributed by atoms with van der Waals surface area (Å²) >= 11 is 10.9. The first-order valence-electron chi connectivity index (χ1n) is 5.48. The molecule has 0 spiro atoms. The standard InChI is InChI=1S/C12H12BrClN2OS/c1-2-16-7-8(14)5-10(16)12(17)15-6-9-3-4-11(13)18-9/h3-5,7H,2,6H2,1H3,(H,15,17). The van der Waals surface area contributed by atoms with Crippen molar-refractivity contribution in [3.63, 3.8) is 0 Å². The highest BCUT2D eigenvalue weighted by molar-refractivity contribution is 9.11. The van der Waals surface area contributed by atoms with Crippen molar-refractivity contribution < 1.29 is 4.79 Å². The van der Waals surface area contributed by atoms with Gasteiger partial charge in [-0.25, -0.2) is 0 Å². The maximum absolute atomic E-state index is 12.0. The number of hydrogen-bond donors (Lipinski definition) is 1. The molecule has 2 aromatic rings. The summed E-state index contributed by atoms with van der Waals surface area (Å²) in [4.78, 5) is 13.1. The van der Waals surface area contributed by atoms with Gasteiger partial charge in [-0.15, -0.1) is 11.3 Å². The Morgan fingerprint density at radius 2 is 2.33 bits per heavy atom. The zero-order chi connectivity index (χ0) is 13.1. The lowest BCUT2D eigenvalue weighted by atomic mass is 10.3. The minimum absolute atomic E-state index is 0.103. The molecule has 0 bridgehead atoms. The normalized spacial score (nSPS) is 10.6. The van der Waals surface area contributed by atoms with Crippen LogP contribution in [0.2, 0.25) is 5.02 Å². The van der Waals surface area contributed by atoms with Crippen molar-refractivity contribution in [2.24, 2.45) is 0 Å². The van der Waals surface area contributed by atoms with Gasteiger partial charge in [0, 0.05) is 17.6 Å². The van der Waals surface area contributed by atoms with Gasteiger partial charge in [0.25, 0.3) is 5.91 Å². The van der Waals surface area contributed by atoms with Gasteiger partial charge in [-0.05, 0) is 41.1 Å². The van der Waals surface area contributed by atoms with Crippen LogP contribution in [-0.4, -0.2) is 10.5 Å². The van der Waals surface area contributed by atoms with Crippen LogP contribution in [0.1, 0.15) is 22.3 Å². The molecule has 2 aromatic heterocycles. The van der Waals surface area contributed by atoms with Crippen LogP contribution in [0.25, 0.3) is 0 Å². The topological polar surface area (TPSA) is 34.0 Å². The van der Waals surface area contributed by atoms with Crippen LogP contribution in [0.15, 0.2) is 28.2 Å². The molecule has 2 rings (SSSR count). The van der Waals surface area contributed by atoms with Gasteiger partial charge < -0.3 is 9.88 Å². The van der Waals surface area contributed by atoms with Crippen molar-refractivity contribution in [2.75, 3.05) is 0 Å². The highest BCUT2D eigenvalue weighted by Crippen LogP contribution is 2.22. The van der Waals surface area contributed by atoms with Gasteiger partial charge in [-0.2, -0.15) is 0 Å². The van der Waals surface area contributed by atoms with Gasteiger partial charge in [0.05, 0.1) is 15.4 Å². The molecule has 18 heavy (non-hydrogen) atoms. The summed E-state index contributed by atoms with van der Waals surface area (Å²) in [6.45, 7) is 3.23. The SMILES string of the molecule is CCn1cc(Cl)cc1C(=O)NCc1ccc(Br)s1. The lowest BCUT2D eigenvalue weighted by molar-refractivity contribution is 0.0942. The molecule has 0 aromatic carbocycles. The molecule has 0 fully saturated rings. The summed E-state index contributed by atoms with van der Waals surface area (Å²) in [5, 5.41) is 3.47. The average Bonchev–Trinajstić information content (AvgIpc) is 2.92. The quantitative estimate of drug-likeness (QED) is 0.894. The van der Waals surface area contributed by atoms with Crippen LogP contribution >= 0.6 is 38.9 Å². The molecule has 0 radical (unpaired) electrons. The van der Waals surface area contributed by atoms with E-state index in [4.69, 9.17) is 11.6 Å². The number of amides is 1. The van der Waals surface area contributed by atoms with Crippen molar-refractivity contribution in [1.82, 2.24) is 9.88 Å². The predicted octanol–water partition coefficient (Wildman–Crippen LogP) is 3.92. The predicted molar refractivity (Wildman–Crippen MR) is 78.3 cm³/mol. The number of carbonyl (C=O) groups is 1. The Balaban J connectivity index is 2.03. The van der Waals surface area contributed by atoms with Crippen LogP contribution < -0.4 is 5.32 Å². The van der Waals surface area contributed by atoms with E-state index in [1.165, 1.54) is 0 Å². The van der Waals surface area contributed by atoms with E-state index in [-0.39, 0.29) is 5.91 Å². The second-order valence-corrected chi connectivity index (χ2v) is 6.70. The third-order valence-electron chi connectivity index (χ3n) is 2.49. The first-order valence-corrected chi connectivity index (χ1v) is 7.47. The molecule has 1 N–H and O–H groups in total. The number of halogens is 2. The van der Waals surface area contributed by atoms with E-state index in [0.29, 0.717) is 17.3 Å². The van der Waals surface area contributed by atoms with Crippen molar-refractivity contribution in [2.45, 2.75) is 20.0 Å². The molecular formula is C12H12BrClN2OS. The molecule has 0 saturated carbocycles. The molecule has 0 aliphatic carbocycles. The highest BCUT2D eigenvalue weighted by Gasteiger charge is 2.12. The number of rotatable bonds is 4. The minimum atomic E-state index is -0.103. The monoisotopic (exact) mass is 346 g/mol. The Morgan fingerprint density at radius 1 is 1.56 bits per heavy atom. The molecule has 0 unspecified atom stereocenters. The summed E-state index contributed by atoms with van der Waals surface area (Å²) in [6, 6.07) is 5.64. The van der Waals surface area contributed by atoms with E-state index in [0.717, 1.165) is 15.2 Å². The van der Waals surface area contributed by atoms with Gasteiger partial charge in [-0.1, -0.05) is 11.6 Å². The molecule has 2 heterocycles. The van der Waals surface area contributed by atoms with Crippen molar-refractivity contribution >= 4 is 44.8 Å². The lowest BCUT2D eigenvalue weighted by Gasteiger charge is -2.06. The Kier molecular flexibility index (Phi) is 4.48. The van der Waals surface area contributed by atoms with Gasteiger partial charge >= 0.3 is 0 Å². The Labute approximate surface area is 123 Å². The first-order chi connectivity index (χ1) is 8.60. The molecule has 1 amide bonds. The molecule has 0 atom stereocenters. The van der Waals surface area contributed by atoms with Crippen LogP contribution in [0, 0.1) is 0 Å². The lowest BCUT2D eigenvalue weighted by Crippen LogP contribution is -2.24. The van der Waals surface area contributed by atoms with Gasteiger partial charge in [0.15, 0.2) is 0 Å². The summed E-state index contributed by atoms with van der Waals surface area (Å²) in [7, 11) is 0. The van der Waals surface area contributed by atoms with E-state index >= 15 is 0 Å². The van der Waals surface area contributed by atoms with E-state index in [1.54, 1.807) is 23.6 Å². The highest BCUT2D eigenvalue weighted by atomic mass is 79.9. The van der Waals surface area contributed by atoms with Crippen LogP contribution in [0.5, 0.6) is 0 Å². The summed E-state index contributed by atoms with van der Waals surface area (Å²) in [5.74, 6) is -0.103. The summed E-state index contributed by atoms with van der Waals surface area (Å²) in [6.07, 6.45) is 1.76. The van der Waals surface area contributed by atoms with E-state index in [1.807, 2.05) is 23.6 Å². The number of thiophene rings is 1. The number of carbonyl (C=O) groups excluding carboxylic acids is 1. The van der Waals surface area contributed by atoms with Crippen LogP contribution in [0.4, 0.5) is 0 Å². The van der Waals surface area contributed by atoms with E-state index in [9.17, 15) is 4.79 Å². The number of nitrogens with one attached hydrogen (secondary N) is 1. The van der Waals surface area contributed by atoms with E-state index < -0.39 is 0 Å². The van der Waals surface area contributed by atoms with Crippen molar-refractivity contribution in [3.05, 3.63) is 43.8 Å². The van der Waals surface area contributed by atoms with Crippen LogP contribution in [-0.2, 0) is 13.1 Å². The van der Waals surface area contributed by atoms with Gasteiger partial charge in [0.2, 0.25) is 0 Å². The molecule has 0 saturated heterocycles. The molecule has 0 aliphatic rings. The van der Waals surface area contributed by atoms with Crippen molar-refractivity contribution in [1.29, 1.82) is 0 Å². The fourth-order valence-electron chi connectivity index (χ4n) is 1.63. The Bertz CT molecular complexity index is 564. The fourth-order valence-corrected chi connectivity index (χ4v) is 3.28. The third kappa shape index (κ3) is 3.16. The maximum Gasteiger partial charge on any atom is 0.268 e. The van der Waals surface area contributed by atoms with Crippen LogP contribution in [0.3, 0.4) is 0 Å². The zero-order valence-corrected chi connectivity index (χ0v) is 12.9. The average molecular weight is 348 g/mol. The summed E-state index contributed by atoms with van der Waals surface area (Å²) < 4.78 is 2.90. The molecular weight excluding hydrogens is 336 g/mol. The van der Waals surface area contributed by atoms with E-state index in [2.05, 4.69) is 21.2 Å². The number of aryl methyl sites for hydroxylation is 1. The fraction of sp³-hybridized carbons (Fsp3) is 0.250. The zero-order valence-electron chi connectivity index (χ0n) is 9.74. The largest absolute Gasteiger partial charge is 0.346 e. The first kappa shape index (κ1) is 13.6. The Hall–Kier alpha value is -0.780. The van der Waals surface area contributed by atoms with Gasteiger partial charge in [0.1, 0.15) is 5.69 Å². The molecule has 0 aliphatic heterocycles. The minimum Gasteiger partial charge on any atom is -0.346 e. The number of aromatic nitrogens is 1. The molecule has 3 nitrogen and oxygen atoms in total. The van der Waals surface area contributed by atoms with Crippen molar-refractivity contribution in [3.8, 4) is 0 Å². The summed E-state index contributed by atoms with van der Waals surface area (Å²) in [5.41, 5.74) is 0.595. The Morgan fingerprint density at radius 3 is 2.94 bits per heavy atom. The smallest absolute Gasteiger partial charge is 0.268 e. The third-order valence-corrected chi connectivity index (χ3v) is 4.32. The van der Waals surface area contributed by atoms with Gasteiger partial charge in [-0.3, -0.25) is 4.79 Å². The molecule has 96 valence electrons. The number of nitrogens with zero attached hydrogens (tertiary/aromatic N) is 1. The number of hydrogen-bond acceptors (Lipinski definition) is 2. The maximum atomic E-state index is 12.0. The second kappa shape index (κ2) is 5.91.